The van der Waals surface area contributed by atoms with Gasteiger partial charge in [0.15, 0.2) is 5.58 Å². The fraction of sp³-hybridized carbons (Fsp3) is 0.278. The van der Waals surface area contributed by atoms with E-state index in [4.69, 9.17) is 9.15 Å². The molecule has 1 amide bonds. The van der Waals surface area contributed by atoms with E-state index in [0.29, 0.717) is 28.8 Å². The predicted molar refractivity (Wildman–Crippen MR) is 95.1 cm³/mol. The van der Waals surface area contributed by atoms with Crippen LogP contribution in [0.3, 0.4) is 0 Å². The number of carbonyl (C=O) groups is 1. The van der Waals surface area contributed by atoms with E-state index >= 15 is 0 Å². The largest absolute Gasteiger partial charge is 0.457 e. The molecule has 25 heavy (non-hydrogen) atoms. The Kier molecular flexibility index (Phi) is 5.13. The summed E-state index contributed by atoms with van der Waals surface area (Å²) < 4.78 is 11.5. The molecule has 130 valence electrons. The van der Waals surface area contributed by atoms with Crippen LogP contribution < -0.4 is 15.4 Å². The third-order valence-electron chi connectivity index (χ3n) is 3.59. The van der Waals surface area contributed by atoms with Gasteiger partial charge in [-0.25, -0.2) is 0 Å². The van der Waals surface area contributed by atoms with Crippen molar-refractivity contribution in [3.8, 4) is 11.5 Å². The standard InChI is InChI=1S/C18H20N4O3/c1-3-4-8-21-18-22-14-6-5-12(11-16(14)25-18)24-13-7-9-20-15(10-13)17(23)19-2/h5-7,9-11H,3-4,8H2,1-2H3,(H,19,23)(H,21,22). The van der Waals surface area contributed by atoms with Crippen molar-refractivity contribution in [2.45, 2.75) is 19.8 Å². The average Bonchev–Trinajstić information content (AvgIpc) is 3.03. The summed E-state index contributed by atoms with van der Waals surface area (Å²) in [5.41, 5.74) is 1.69. The van der Waals surface area contributed by atoms with Crippen LogP contribution in [-0.2, 0) is 0 Å². The second-order valence-electron chi connectivity index (χ2n) is 5.49. The first-order chi connectivity index (χ1) is 12.2. The van der Waals surface area contributed by atoms with Gasteiger partial charge in [0.2, 0.25) is 0 Å². The van der Waals surface area contributed by atoms with Crippen molar-refractivity contribution in [2.75, 3.05) is 18.9 Å². The van der Waals surface area contributed by atoms with Crippen LogP contribution >= 0.6 is 0 Å². The first-order valence-electron chi connectivity index (χ1n) is 8.20. The first-order valence-corrected chi connectivity index (χ1v) is 8.20. The van der Waals surface area contributed by atoms with E-state index in [1.165, 1.54) is 6.20 Å². The molecule has 0 saturated carbocycles. The maximum absolute atomic E-state index is 11.6. The Labute approximate surface area is 145 Å². The fourth-order valence-corrected chi connectivity index (χ4v) is 2.28. The normalized spacial score (nSPS) is 10.6. The van der Waals surface area contributed by atoms with Crippen LogP contribution in [0.25, 0.3) is 11.1 Å². The van der Waals surface area contributed by atoms with Gasteiger partial charge in [-0.15, -0.1) is 0 Å². The van der Waals surface area contributed by atoms with Crippen molar-refractivity contribution in [3.05, 3.63) is 42.2 Å². The Morgan fingerprint density at radius 2 is 2.08 bits per heavy atom. The second-order valence-corrected chi connectivity index (χ2v) is 5.49. The first kappa shape index (κ1) is 16.8. The molecule has 3 rings (SSSR count). The number of nitrogens with zero attached hydrogens (tertiary/aromatic N) is 2. The maximum atomic E-state index is 11.6. The molecule has 1 aromatic carbocycles. The van der Waals surface area contributed by atoms with Crippen LogP contribution in [0.4, 0.5) is 6.01 Å². The van der Waals surface area contributed by atoms with Crippen LogP contribution in [0.15, 0.2) is 40.9 Å². The lowest BCUT2D eigenvalue weighted by Crippen LogP contribution is -2.18. The lowest BCUT2D eigenvalue weighted by atomic mass is 10.3. The number of amides is 1. The van der Waals surface area contributed by atoms with Gasteiger partial charge in [0.25, 0.3) is 11.9 Å². The number of hydrogen-bond donors (Lipinski definition) is 2. The number of ether oxygens (including phenoxy) is 1. The summed E-state index contributed by atoms with van der Waals surface area (Å²) in [7, 11) is 1.56. The van der Waals surface area contributed by atoms with Gasteiger partial charge in [-0.2, -0.15) is 4.98 Å². The van der Waals surface area contributed by atoms with Crippen molar-refractivity contribution in [1.29, 1.82) is 0 Å². The zero-order chi connectivity index (χ0) is 17.6. The monoisotopic (exact) mass is 340 g/mol. The zero-order valence-electron chi connectivity index (χ0n) is 14.2. The zero-order valence-corrected chi connectivity index (χ0v) is 14.2. The number of anilines is 1. The highest BCUT2D eigenvalue weighted by Gasteiger charge is 2.09. The molecule has 0 aliphatic carbocycles. The Bertz CT molecular complexity index is 876. The summed E-state index contributed by atoms with van der Waals surface area (Å²) in [6.45, 7) is 2.96. The molecule has 7 nitrogen and oxygen atoms in total. The van der Waals surface area contributed by atoms with Gasteiger partial charge < -0.3 is 19.8 Å². The molecule has 0 atom stereocenters. The highest BCUT2D eigenvalue weighted by Crippen LogP contribution is 2.27. The van der Waals surface area contributed by atoms with Crippen LogP contribution in [0.2, 0.25) is 0 Å². The molecule has 7 heteroatoms. The van der Waals surface area contributed by atoms with Crippen LogP contribution in [0, 0.1) is 0 Å². The lowest BCUT2D eigenvalue weighted by Gasteiger charge is -2.06. The van der Waals surface area contributed by atoms with Crippen LogP contribution in [0.5, 0.6) is 11.5 Å². The van der Waals surface area contributed by atoms with E-state index in [1.54, 1.807) is 31.3 Å². The summed E-state index contributed by atoms with van der Waals surface area (Å²) in [4.78, 5) is 20.0. The van der Waals surface area contributed by atoms with E-state index < -0.39 is 0 Å². The third-order valence-corrected chi connectivity index (χ3v) is 3.59. The summed E-state index contributed by atoms with van der Waals surface area (Å²) in [6, 6.07) is 9.19. The van der Waals surface area contributed by atoms with Gasteiger partial charge in [0.05, 0.1) is 0 Å². The number of oxazole rings is 1. The van der Waals surface area contributed by atoms with Crippen LogP contribution in [0.1, 0.15) is 30.3 Å². The Morgan fingerprint density at radius 3 is 2.88 bits per heavy atom. The average molecular weight is 340 g/mol. The molecule has 0 aliphatic rings. The van der Waals surface area contributed by atoms with Gasteiger partial charge in [-0.05, 0) is 24.6 Å². The molecule has 0 unspecified atom stereocenters. The molecule has 0 saturated heterocycles. The van der Waals surface area contributed by atoms with E-state index in [2.05, 4.69) is 27.5 Å². The third kappa shape index (κ3) is 4.06. The van der Waals surface area contributed by atoms with Gasteiger partial charge in [-0.1, -0.05) is 13.3 Å². The minimum atomic E-state index is -0.265. The molecule has 2 heterocycles. The molecular formula is C18H20N4O3. The van der Waals surface area contributed by atoms with Crippen molar-refractivity contribution < 1.29 is 13.9 Å². The number of benzene rings is 1. The van der Waals surface area contributed by atoms with Crippen LogP contribution in [-0.4, -0.2) is 29.5 Å². The number of rotatable bonds is 7. The molecule has 0 bridgehead atoms. The molecule has 2 N–H and O–H groups in total. The van der Waals surface area contributed by atoms with E-state index in [-0.39, 0.29) is 5.91 Å². The fourth-order valence-electron chi connectivity index (χ4n) is 2.28. The number of aromatic nitrogens is 2. The molecular weight excluding hydrogens is 320 g/mol. The number of unbranched alkanes of at least 4 members (excludes halogenated alkanes) is 1. The summed E-state index contributed by atoms with van der Waals surface area (Å²) in [5, 5.41) is 5.69. The lowest BCUT2D eigenvalue weighted by molar-refractivity contribution is 0.0958. The minimum absolute atomic E-state index is 0.265. The Morgan fingerprint density at radius 1 is 1.24 bits per heavy atom. The van der Waals surface area contributed by atoms with Crippen molar-refractivity contribution in [1.82, 2.24) is 15.3 Å². The second kappa shape index (κ2) is 7.65. The van der Waals surface area contributed by atoms with Crippen molar-refractivity contribution in [2.24, 2.45) is 0 Å². The highest BCUT2D eigenvalue weighted by atomic mass is 16.5. The summed E-state index contributed by atoms with van der Waals surface area (Å²) in [6.07, 6.45) is 3.70. The predicted octanol–water partition coefficient (Wildman–Crippen LogP) is 3.59. The smallest absolute Gasteiger partial charge is 0.295 e. The van der Waals surface area contributed by atoms with Gasteiger partial charge in [-0.3, -0.25) is 9.78 Å². The van der Waals surface area contributed by atoms with Gasteiger partial charge >= 0.3 is 0 Å². The van der Waals surface area contributed by atoms with E-state index in [0.717, 1.165) is 24.9 Å². The number of hydrogen-bond acceptors (Lipinski definition) is 6. The van der Waals surface area contributed by atoms with Crippen molar-refractivity contribution in [3.63, 3.8) is 0 Å². The number of carbonyl (C=O) groups excluding carboxylic acids is 1. The quantitative estimate of drug-likeness (QED) is 0.639. The SMILES string of the molecule is CCCCNc1nc2ccc(Oc3ccnc(C(=O)NC)c3)cc2o1. The highest BCUT2D eigenvalue weighted by molar-refractivity contribution is 5.92. The minimum Gasteiger partial charge on any atom is -0.457 e. The number of nitrogens with one attached hydrogen (secondary N) is 2. The molecule has 3 aromatic rings. The molecule has 0 aliphatic heterocycles. The van der Waals surface area contributed by atoms with Gasteiger partial charge in [0, 0.05) is 31.9 Å². The topological polar surface area (TPSA) is 89.3 Å². The van der Waals surface area contributed by atoms with Crippen molar-refractivity contribution >= 4 is 23.0 Å². The van der Waals surface area contributed by atoms with Gasteiger partial charge in [0.1, 0.15) is 22.7 Å². The number of fused-ring (bicyclic) bond motifs is 1. The van der Waals surface area contributed by atoms with E-state index in [1.807, 2.05) is 6.07 Å². The molecule has 2 aromatic heterocycles. The molecule has 0 spiro atoms. The molecule has 0 radical (unpaired) electrons. The summed E-state index contributed by atoms with van der Waals surface area (Å²) >= 11 is 0. The number of pyridine rings is 1. The molecule has 0 fully saturated rings. The van der Waals surface area contributed by atoms with E-state index in [9.17, 15) is 4.79 Å². The summed E-state index contributed by atoms with van der Waals surface area (Å²) in [5.74, 6) is 0.852. The Balaban J connectivity index is 1.76. The maximum Gasteiger partial charge on any atom is 0.295 e. The Hall–Kier alpha value is -3.09.